The van der Waals surface area contributed by atoms with E-state index in [2.05, 4.69) is 22.2 Å². The summed E-state index contributed by atoms with van der Waals surface area (Å²) in [5.74, 6) is -0.341. The number of urea groups is 1. The maximum Gasteiger partial charge on any atom is 0.348 e. The zero-order valence-corrected chi connectivity index (χ0v) is 16.8. The Hall–Kier alpha value is -2.94. The Morgan fingerprint density at radius 3 is 2.83 bits per heavy atom. The molecule has 2 aromatic rings. The quantitative estimate of drug-likeness (QED) is 0.775. The van der Waals surface area contributed by atoms with E-state index >= 15 is 0 Å². The molecule has 5 rings (SSSR count). The van der Waals surface area contributed by atoms with Gasteiger partial charge in [0.1, 0.15) is 15.8 Å². The van der Waals surface area contributed by atoms with Gasteiger partial charge in [0.2, 0.25) is 0 Å². The average molecular weight is 412 g/mol. The molecule has 2 amide bonds. The standard InChI is InChI=1S/C20H20N4O4S/c1-9-10(2)17(28-11-4-3-5-11)22-8-13(9)24-12-6-7-21-18-14(12)15(23-20(24)27)16(29-18)19(25)26/h6-11H,3-5H2,1-2H3,(H,23,27)(H,25,26). The molecule has 0 bridgehead atoms. The highest BCUT2D eigenvalue weighted by molar-refractivity contribution is 7.21. The van der Waals surface area contributed by atoms with E-state index < -0.39 is 12.0 Å². The first-order valence-corrected chi connectivity index (χ1v) is 10.5. The van der Waals surface area contributed by atoms with Gasteiger partial charge in [-0.2, -0.15) is 0 Å². The highest BCUT2D eigenvalue weighted by Crippen LogP contribution is 2.46. The Morgan fingerprint density at radius 1 is 1.34 bits per heavy atom. The summed E-state index contributed by atoms with van der Waals surface area (Å²) < 4.78 is 6.03. The second kappa shape index (κ2) is 6.55. The number of anilines is 2. The van der Waals surface area contributed by atoms with Crippen LogP contribution in [0.15, 0.2) is 29.2 Å². The summed E-state index contributed by atoms with van der Waals surface area (Å²) in [5, 5.41) is 12.9. The lowest BCUT2D eigenvalue weighted by atomic mass is 9.89. The molecule has 29 heavy (non-hydrogen) atoms. The molecule has 2 atom stereocenters. The molecule has 1 saturated carbocycles. The van der Waals surface area contributed by atoms with E-state index in [9.17, 15) is 14.7 Å². The van der Waals surface area contributed by atoms with Crippen molar-refractivity contribution in [1.82, 2.24) is 4.98 Å². The van der Waals surface area contributed by atoms with Crippen LogP contribution in [0.1, 0.15) is 42.8 Å². The number of amides is 2. The molecule has 2 aromatic heterocycles. The van der Waals surface area contributed by atoms with Crippen molar-refractivity contribution in [2.45, 2.75) is 39.2 Å². The van der Waals surface area contributed by atoms with Crippen LogP contribution in [-0.2, 0) is 4.74 Å². The fourth-order valence-corrected chi connectivity index (χ4v) is 4.84. The second-order valence-electron chi connectivity index (χ2n) is 7.66. The summed E-state index contributed by atoms with van der Waals surface area (Å²) in [6.07, 6.45) is 6.86. The fraction of sp³-hybridized carbons (Fsp3) is 0.400. The molecular weight excluding hydrogens is 392 g/mol. The third-order valence-electron chi connectivity index (χ3n) is 5.97. The number of nitrogens with zero attached hydrogens (tertiary/aromatic N) is 3. The zero-order chi connectivity index (χ0) is 20.3. The molecular formula is C20H20N4O4S. The lowest BCUT2D eigenvalue weighted by Crippen LogP contribution is -2.42. The summed E-state index contributed by atoms with van der Waals surface area (Å²) >= 11 is 1.06. The Balaban J connectivity index is 1.59. The van der Waals surface area contributed by atoms with Crippen molar-refractivity contribution >= 4 is 50.8 Å². The van der Waals surface area contributed by atoms with E-state index in [0.29, 0.717) is 27.5 Å². The highest BCUT2D eigenvalue weighted by atomic mass is 32.1. The minimum absolute atomic E-state index is 0.00401. The fourth-order valence-electron chi connectivity index (χ4n) is 3.88. The number of allylic oxidation sites excluding steroid dienone is 1. The van der Waals surface area contributed by atoms with E-state index in [4.69, 9.17) is 4.74 Å². The van der Waals surface area contributed by atoms with Crippen molar-refractivity contribution in [3.05, 3.63) is 29.0 Å². The van der Waals surface area contributed by atoms with Gasteiger partial charge in [0, 0.05) is 23.7 Å². The minimum Gasteiger partial charge on any atom is -0.477 e. The topological polar surface area (TPSA) is 104 Å². The number of carboxylic acid groups (broad SMARTS) is 1. The SMILES string of the molecule is CC1C(N2C(=O)Nc3c(C(=O)O)sc4nccc2c34)=CN=C(OC2CCC2)C1C. The van der Waals surface area contributed by atoms with Crippen LogP contribution in [0.25, 0.3) is 10.2 Å². The lowest BCUT2D eigenvalue weighted by Gasteiger charge is -2.37. The van der Waals surface area contributed by atoms with Gasteiger partial charge in [-0.05, 0) is 25.3 Å². The van der Waals surface area contributed by atoms with Crippen LogP contribution in [-0.4, -0.2) is 34.1 Å². The van der Waals surface area contributed by atoms with Crippen molar-refractivity contribution in [1.29, 1.82) is 0 Å². The third kappa shape index (κ3) is 2.71. The number of carbonyl (C=O) groups is 2. The number of ether oxygens (including phenoxy) is 1. The Labute approximate surface area is 170 Å². The van der Waals surface area contributed by atoms with Gasteiger partial charge in [-0.15, -0.1) is 11.3 Å². The van der Waals surface area contributed by atoms with Crippen LogP contribution >= 0.6 is 11.3 Å². The predicted octanol–water partition coefficient (Wildman–Crippen LogP) is 4.44. The largest absolute Gasteiger partial charge is 0.477 e. The first kappa shape index (κ1) is 18.1. The predicted molar refractivity (Wildman–Crippen MR) is 111 cm³/mol. The molecule has 1 aliphatic carbocycles. The van der Waals surface area contributed by atoms with Crippen LogP contribution in [0.3, 0.4) is 0 Å². The molecule has 2 aliphatic heterocycles. The van der Waals surface area contributed by atoms with Gasteiger partial charge in [0.15, 0.2) is 5.90 Å². The van der Waals surface area contributed by atoms with Crippen LogP contribution in [0.2, 0.25) is 0 Å². The van der Waals surface area contributed by atoms with Gasteiger partial charge in [-0.25, -0.2) is 19.6 Å². The van der Waals surface area contributed by atoms with E-state index in [-0.39, 0.29) is 22.8 Å². The maximum atomic E-state index is 13.0. The molecule has 0 spiro atoms. The van der Waals surface area contributed by atoms with Crippen molar-refractivity contribution < 1.29 is 19.4 Å². The van der Waals surface area contributed by atoms with Gasteiger partial charge in [-0.1, -0.05) is 13.8 Å². The van der Waals surface area contributed by atoms with E-state index in [1.54, 1.807) is 23.4 Å². The number of hydrogen-bond donors (Lipinski definition) is 2. The van der Waals surface area contributed by atoms with Crippen LogP contribution < -0.4 is 10.2 Å². The highest BCUT2D eigenvalue weighted by Gasteiger charge is 2.38. The Morgan fingerprint density at radius 2 is 2.14 bits per heavy atom. The smallest absolute Gasteiger partial charge is 0.348 e. The Bertz CT molecular complexity index is 1100. The summed E-state index contributed by atoms with van der Waals surface area (Å²) in [4.78, 5) is 35.7. The number of rotatable bonds is 3. The monoisotopic (exact) mass is 412 g/mol. The van der Waals surface area contributed by atoms with Crippen molar-refractivity contribution in [2.24, 2.45) is 16.8 Å². The number of nitrogens with one attached hydrogen (secondary N) is 1. The van der Waals surface area contributed by atoms with E-state index in [1.807, 2.05) is 6.92 Å². The molecule has 0 saturated heterocycles. The number of aromatic nitrogens is 1. The lowest BCUT2D eigenvalue weighted by molar-refractivity contribution is 0.0703. The number of carboxylic acids is 1. The first-order valence-electron chi connectivity index (χ1n) is 9.66. The number of pyridine rings is 1. The average Bonchev–Trinajstić information content (AvgIpc) is 3.03. The van der Waals surface area contributed by atoms with Gasteiger partial charge < -0.3 is 15.2 Å². The molecule has 0 radical (unpaired) electrons. The number of aromatic carboxylic acids is 1. The second-order valence-corrected chi connectivity index (χ2v) is 8.66. The maximum absolute atomic E-state index is 13.0. The molecule has 3 aliphatic rings. The normalized spacial score (nSPS) is 23.9. The molecule has 2 N–H and O–H groups in total. The summed E-state index contributed by atoms with van der Waals surface area (Å²) in [6.45, 7) is 4.10. The number of aliphatic imine (C=N–C) groups is 1. The molecule has 150 valence electrons. The van der Waals surface area contributed by atoms with Crippen LogP contribution in [0.4, 0.5) is 16.2 Å². The molecule has 2 unspecified atom stereocenters. The molecule has 8 nitrogen and oxygen atoms in total. The van der Waals surface area contributed by atoms with Gasteiger partial charge in [-0.3, -0.25) is 4.90 Å². The number of carbonyl (C=O) groups excluding carboxylic acids is 1. The first-order chi connectivity index (χ1) is 14.0. The summed E-state index contributed by atoms with van der Waals surface area (Å²) in [5.41, 5.74) is 1.69. The third-order valence-corrected chi connectivity index (χ3v) is 7.05. The van der Waals surface area contributed by atoms with E-state index in [0.717, 1.165) is 29.9 Å². The van der Waals surface area contributed by atoms with Crippen LogP contribution in [0, 0.1) is 11.8 Å². The molecule has 1 fully saturated rings. The summed E-state index contributed by atoms with van der Waals surface area (Å²) in [7, 11) is 0. The van der Waals surface area contributed by atoms with Crippen molar-refractivity contribution in [3.8, 4) is 0 Å². The molecule has 0 aromatic carbocycles. The van der Waals surface area contributed by atoms with Gasteiger partial charge in [0.25, 0.3) is 0 Å². The minimum atomic E-state index is -1.08. The van der Waals surface area contributed by atoms with Gasteiger partial charge >= 0.3 is 12.0 Å². The molecule has 4 heterocycles. The summed E-state index contributed by atoms with van der Waals surface area (Å²) in [6, 6.07) is 1.35. The van der Waals surface area contributed by atoms with Crippen LogP contribution in [0.5, 0.6) is 0 Å². The zero-order valence-electron chi connectivity index (χ0n) is 16.0. The van der Waals surface area contributed by atoms with Crippen molar-refractivity contribution in [3.63, 3.8) is 0 Å². The number of hydrogen-bond acceptors (Lipinski definition) is 6. The molecule has 9 heteroatoms. The number of thiophene rings is 1. The van der Waals surface area contributed by atoms with Gasteiger partial charge in [0.05, 0.1) is 23.0 Å². The Kier molecular flexibility index (Phi) is 4.09. The van der Waals surface area contributed by atoms with E-state index in [1.165, 1.54) is 6.42 Å². The van der Waals surface area contributed by atoms with Crippen molar-refractivity contribution in [2.75, 3.05) is 10.2 Å².